The Hall–Kier alpha value is -1.75. The number of nitrogens with zero attached hydrogens (tertiary/aromatic N) is 1. The highest BCUT2D eigenvalue weighted by Gasteiger charge is 2.23. The van der Waals surface area contributed by atoms with E-state index in [9.17, 15) is 4.79 Å². The summed E-state index contributed by atoms with van der Waals surface area (Å²) in [6.45, 7) is 7.75. The highest BCUT2D eigenvalue weighted by molar-refractivity contribution is 5.74. The fourth-order valence-electron chi connectivity index (χ4n) is 3.08. The van der Waals surface area contributed by atoms with Gasteiger partial charge >= 0.3 is 6.03 Å². The number of benzene rings is 1. The van der Waals surface area contributed by atoms with Crippen LogP contribution in [0.1, 0.15) is 37.3 Å². The van der Waals surface area contributed by atoms with Crippen molar-refractivity contribution in [1.82, 2.24) is 10.2 Å². The van der Waals surface area contributed by atoms with Gasteiger partial charge in [0.1, 0.15) is 5.75 Å². The number of rotatable bonds is 7. The Balaban J connectivity index is 1.85. The number of carbonyl (C=O) groups excluding carboxylic acids is 1. The van der Waals surface area contributed by atoms with E-state index in [1.165, 1.54) is 0 Å². The highest BCUT2D eigenvalue weighted by Crippen LogP contribution is 2.19. The third-order valence-electron chi connectivity index (χ3n) is 4.43. The van der Waals surface area contributed by atoms with Crippen LogP contribution in [0.4, 0.5) is 4.79 Å². The lowest BCUT2D eigenvalue weighted by Gasteiger charge is -2.32. The first-order valence-electron chi connectivity index (χ1n) is 8.88. The van der Waals surface area contributed by atoms with Crippen LogP contribution in [0.25, 0.3) is 0 Å². The van der Waals surface area contributed by atoms with E-state index in [1.807, 2.05) is 23.1 Å². The van der Waals surface area contributed by atoms with Gasteiger partial charge in [-0.3, -0.25) is 0 Å². The summed E-state index contributed by atoms with van der Waals surface area (Å²) in [7, 11) is 1.72. The Labute approximate surface area is 145 Å². The summed E-state index contributed by atoms with van der Waals surface area (Å²) in [6, 6.07) is 6.05. The van der Waals surface area contributed by atoms with Crippen molar-refractivity contribution in [3.8, 4) is 5.75 Å². The molecular weight excluding hydrogens is 304 g/mol. The molecule has 2 amide bonds. The molecule has 0 bridgehead atoms. The fourth-order valence-corrected chi connectivity index (χ4v) is 3.08. The summed E-state index contributed by atoms with van der Waals surface area (Å²) in [5.74, 6) is 1.34. The second-order valence-corrected chi connectivity index (χ2v) is 6.51. The van der Waals surface area contributed by atoms with Crippen LogP contribution < -0.4 is 10.1 Å². The van der Waals surface area contributed by atoms with E-state index >= 15 is 0 Å². The Morgan fingerprint density at radius 3 is 2.96 bits per heavy atom. The average Bonchev–Trinajstić information content (AvgIpc) is 2.59. The SMILES string of the molecule is CCCOc1ccc(CNC(=O)N2CCC[C@H](COC)C2)c(C)c1. The zero-order valence-electron chi connectivity index (χ0n) is 15.1. The zero-order chi connectivity index (χ0) is 17.4. The molecule has 24 heavy (non-hydrogen) atoms. The Morgan fingerprint density at radius 1 is 1.42 bits per heavy atom. The smallest absolute Gasteiger partial charge is 0.317 e. The summed E-state index contributed by atoms with van der Waals surface area (Å²) >= 11 is 0. The van der Waals surface area contributed by atoms with Crippen LogP contribution in [-0.4, -0.2) is 44.3 Å². The van der Waals surface area contributed by atoms with Gasteiger partial charge in [-0.1, -0.05) is 13.0 Å². The summed E-state index contributed by atoms with van der Waals surface area (Å²) in [5, 5.41) is 3.04. The minimum atomic E-state index is 0.0153. The van der Waals surface area contributed by atoms with Gasteiger partial charge in [-0.15, -0.1) is 0 Å². The number of hydrogen-bond donors (Lipinski definition) is 1. The fraction of sp³-hybridized carbons (Fsp3) is 0.632. The van der Waals surface area contributed by atoms with Gasteiger partial charge in [0, 0.05) is 32.7 Å². The van der Waals surface area contributed by atoms with Crippen LogP contribution >= 0.6 is 0 Å². The van der Waals surface area contributed by atoms with Gasteiger partial charge in [-0.05, 0) is 49.4 Å². The molecule has 1 saturated heterocycles. The summed E-state index contributed by atoms with van der Waals surface area (Å²) in [5.41, 5.74) is 2.26. The number of likely N-dealkylation sites (tertiary alicyclic amines) is 1. The lowest BCUT2D eigenvalue weighted by atomic mass is 9.99. The number of carbonyl (C=O) groups is 1. The molecule has 0 spiro atoms. The maximum absolute atomic E-state index is 12.4. The number of amides is 2. The van der Waals surface area contributed by atoms with Crippen molar-refractivity contribution in [2.75, 3.05) is 33.4 Å². The van der Waals surface area contributed by atoms with Crippen LogP contribution in [0.3, 0.4) is 0 Å². The zero-order valence-corrected chi connectivity index (χ0v) is 15.1. The Bertz CT molecular complexity index is 531. The maximum Gasteiger partial charge on any atom is 0.317 e. The highest BCUT2D eigenvalue weighted by atomic mass is 16.5. The molecule has 5 heteroatoms. The topological polar surface area (TPSA) is 50.8 Å². The van der Waals surface area contributed by atoms with E-state index in [-0.39, 0.29) is 6.03 Å². The molecule has 2 rings (SSSR count). The predicted molar refractivity (Wildman–Crippen MR) is 95.4 cm³/mol. The van der Waals surface area contributed by atoms with E-state index < -0.39 is 0 Å². The third-order valence-corrected chi connectivity index (χ3v) is 4.43. The number of hydrogen-bond acceptors (Lipinski definition) is 3. The molecule has 1 N–H and O–H groups in total. The lowest BCUT2D eigenvalue weighted by Crippen LogP contribution is -2.46. The Kier molecular flexibility index (Phi) is 7.37. The van der Waals surface area contributed by atoms with Crippen molar-refractivity contribution in [3.05, 3.63) is 29.3 Å². The van der Waals surface area contributed by atoms with Crippen LogP contribution in [0.2, 0.25) is 0 Å². The first-order chi connectivity index (χ1) is 11.6. The van der Waals surface area contributed by atoms with Crippen molar-refractivity contribution in [2.24, 2.45) is 5.92 Å². The van der Waals surface area contributed by atoms with Crippen molar-refractivity contribution in [2.45, 2.75) is 39.7 Å². The molecule has 1 aliphatic rings. The molecule has 0 unspecified atom stereocenters. The van der Waals surface area contributed by atoms with Crippen LogP contribution in [0.15, 0.2) is 18.2 Å². The normalized spacial score (nSPS) is 17.6. The first-order valence-corrected chi connectivity index (χ1v) is 8.88. The van der Waals surface area contributed by atoms with Crippen molar-refractivity contribution in [3.63, 3.8) is 0 Å². The van der Waals surface area contributed by atoms with Crippen molar-refractivity contribution >= 4 is 6.03 Å². The summed E-state index contributed by atoms with van der Waals surface area (Å²) < 4.78 is 10.9. The maximum atomic E-state index is 12.4. The number of methoxy groups -OCH3 is 1. The molecular formula is C19H30N2O3. The number of aryl methyl sites for hydroxylation is 1. The van der Waals surface area contributed by atoms with Crippen LogP contribution in [0.5, 0.6) is 5.75 Å². The standard InChI is InChI=1S/C19H30N2O3/c1-4-10-24-18-8-7-17(15(2)11-18)12-20-19(22)21-9-5-6-16(13-21)14-23-3/h7-8,11,16H,4-6,9-10,12-14H2,1-3H3,(H,20,22)/t16-/m0/s1. The number of urea groups is 1. The summed E-state index contributed by atoms with van der Waals surface area (Å²) in [4.78, 5) is 14.3. The molecule has 134 valence electrons. The molecule has 1 heterocycles. The third kappa shape index (κ3) is 5.41. The molecule has 1 aromatic rings. The van der Waals surface area contributed by atoms with Crippen molar-refractivity contribution < 1.29 is 14.3 Å². The molecule has 0 aromatic heterocycles. The van der Waals surface area contributed by atoms with Gasteiger partial charge in [-0.2, -0.15) is 0 Å². The molecule has 1 aliphatic heterocycles. The van der Waals surface area contributed by atoms with Crippen molar-refractivity contribution in [1.29, 1.82) is 0 Å². The number of ether oxygens (including phenoxy) is 2. The molecule has 1 fully saturated rings. The minimum Gasteiger partial charge on any atom is -0.494 e. The van der Waals surface area contributed by atoms with E-state index in [4.69, 9.17) is 9.47 Å². The van der Waals surface area contributed by atoms with Crippen LogP contribution in [-0.2, 0) is 11.3 Å². The van der Waals surface area contributed by atoms with Gasteiger partial charge in [0.05, 0.1) is 13.2 Å². The molecule has 5 nitrogen and oxygen atoms in total. The van der Waals surface area contributed by atoms with Gasteiger partial charge in [0.25, 0.3) is 0 Å². The van der Waals surface area contributed by atoms with Gasteiger partial charge < -0.3 is 19.7 Å². The van der Waals surface area contributed by atoms with E-state index in [1.54, 1.807) is 7.11 Å². The predicted octanol–water partition coefficient (Wildman–Crippen LogP) is 3.35. The number of piperidine rings is 1. The minimum absolute atomic E-state index is 0.0153. The molecule has 1 atom stereocenters. The number of nitrogens with one attached hydrogen (secondary N) is 1. The van der Waals surface area contributed by atoms with Crippen LogP contribution in [0, 0.1) is 12.8 Å². The molecule has 1 aromatic carbocycles. The molecule has 0 aliphatic carbocycles. The van der Waals surface area contributed by atoms with Gasteiger partial charge in [0.15, 0.2) is 0 Å². The largest absolute Gasteiger partial charge is 0.494 e. The molecule has 0 saturated carbocycles. The monoisotopic (exact) mass is 334 g/mol. The quantitative estimate of drug-likeness (QED) is 0.832. The van der Waals surface area contributed by atoms with E-state index in [2.05, 4.69) is 19.2 Å². The van der Waals surface area contributed by atoms with E-state index in [0.717, 1.165) is 62.4 Å². The summed E-state index contributed by atoms with van der Waals surface area (Å²) in [6.07, 6.45) is 3.18. The molecule has 0 radical (unpaired) electrons. The second kappa shape index (κ2) is 9.52. The second-order valence-electron chi connectivity index (χ2n) is 6.51. The van der Waals surface area contributed by atoms with E-state index in [0.29, 0.717) is 12.5 Å². The lowest BCUT2D eigenvalue weighted by molar-refractivity contribution is 0.100. The van der Waals surface area contributed by atoms with Gasteiger partial charge in [-0.25, -0.2) is 4.79 Å². The Morgan fingerprint density at radius 2 is 2.25 bits per heavy atom. The van der Waals surface area contributed by atoms with Gasteiger partial charge in [0.2, 0.25) is 0 Å². The first kappa shape index (κ1) is 18.6. The average molecular weight is 334 g/mol.